The summed E-state index contributed by atoms with van der Waals surface area (Å²) < 4.78 is 50.5. The average molecular weight is 278 g/mol. The molecule has 1 aromatic carbocycles. The molecule has 0 aliphatic carbocycles. The van der Waals surface area contributed by atoms with Crippen LogP contribution in [0.4, 0.5) is 23.2 Å². The van der Waals surface area contributed by atoms with E-state index < -0.39 is 36.2 Å². The minimum atomic E-state index is -4.53. The monoisotopic (exact) mass is 278 g/mol. The number of nitrogens with two attached hydrogens (primary N) is 1. The van der Waals surface area contributed by atoms with Crippen molar-refractivity contribution in [3.05, 3.63) is 29.6 Å². The molecule has 1 rings (SSSR count). The second-order valence-corrected chi connectivity index (χ2v) is 4.34. The third-order valence-corrected chi connectivity index (χ3v) is 2.52. The van der Waals surface area contributed by atoms with Crippen molar-refractivity contribution in [3.63, 3.8) is 0 Å². The number of benzene rings is 1. The van der Waals surface area contributed by atoms with E-state index in [9.17, 15) is 22.4 Å². The Morgan fingerprint density at radius 3 is 2.42 bits per heavy atom. The number of halogens is 4. The summed E-state index contributed by atoms with van der Waals surface area (Å²) >= 11 is 0. The molecule has 19 heavy (non-hydrogen) atoms. The number of carbonyl (C=O) groups is 1. The fourth-order valence-corrected chi connectivity index (χ4v) is 1.56. The lowest BCUT2D eigenvalue weighted by Crippen LogP contribution is -2.43. The van der Waals surface area contributed by atoms with E-state index in [1.165, 1.54) is 26.0 Å². The molecule has 0 saturated carbocycles. The first-order valence-electron chi connectivity index (χ1n) is 5.55. The summed E-state index contributed by atoms with van der Waals surface area (Å²) in [6.45, 7) is 1.48. The van der Waals surface area contributed by atoms with E-state index in [1.807, 2.05) is 0 Å². The standard InChI is InChI=1S/C12H14F4N2O/c1-7(2)18(6-12(14,15)16)11(19)8-4-3-5-9(13)10(8)17/h3-5,7H,6,17H2,1-2H3. The lowest BCUT2D eigenvalue weighted by molar-refractivity contribution is -0.143. The molecule has 0 radical (unpaired) electrons. The smallest absolute Gasteiger partial charge is 0.396 e. The van der Waals surface area contributed by atoms with E-state index in [1.54, 1.807) is 0 Å². The maximum Gasteiger partial charge on any atom is 0.406 e. The van der Waals surface area contributed by atoms with Gasteiger partial charge in [0.1, 0.15) is 12.4 Å². The molecule has 1 amide bonds. The van der Waals surface area contributed by atoms with Gasteiger partial charge in [0, 0.05) is 6.04 Å². The van der Waals surface area contributed by atoms with Gasteiger partial charge in [-0.2, -0.15) is 13.2 Å². The Morgan fingerprint density at radius 1 is 1.37 bits per heavy atom. The van der Waals surface area contributed by atoms with Crippen LogP contribution in [-0.2, 0) is 0 Å². The highest BCUT2D eigenvalue weighted by molar-refractivity contribution is 5.99. The number of hydrogen-bond donors (Lipinski definition) is 1. The Labute approximate surface area is 108 Å². The fraction of sp³-hybridized carbons (Fsp3) is 0.417. The topological polar surface area (TPSA) is 46.3 Å². The second-order valence-electron chi connectivity index (χ2n) is 4.34. The number of alkyl halides is 3. The SMILES string of the molecule is CC(C)N(CC(F)(F)F)C(=O)c1cccc(F)c1N. The summed E-state index contributed by atoms with van der Waals surface area (Å²) in [5, 5.41) is 0. The highest BCUT2D eigenvalue weighted by atomic mass is 19.4. The Balaban J connectivity index is 3.10. The largest absolute Gasteiger partial charge is 0.406 e. The first-order valence-corrected chi connectivity index (χ1v) is 5.55. The van der Waals surface area contributed by atoms with Crippen molar-refractivity contribution >= 4 is 11.6 Å². The molecule has 3 nitrogen and oxygen atoms in total. The summed E-state index contributed by atoms with van der Waals surface area (Å²) in [6, 6.07) is 2.78. The average Bonchev–Trinajstić information content (AvgIpc) is 2.27. The van der Waals surface area contributed by atoms with Crippen LogP contribution in [0.5, 0.6) is 0 Å². The predicted octanol–water partition coefficient (Wildman–Crippen LogP) is 2.82. The molecular weight excluding hydrogens is 264 g/mol. The number of hydrogen-bond acceptors (Lipinski definition) is 2. The molecule has 0 fully saturated rings. The van der Waals surface area contributed by atoms with Gasteiger partial charge in [-0.3, -0.25) is 4.79 Å². The molecule has 106 valence electrons. The Hall–Kier alpha value is -1.79. The van der Waals surface area contributed by atoms with E-state index >= 15 is 0 Å². The molecular formula is C12H14F4N2O. The molecule has 0 saturated heterocycles. The number of para-hydroxylation sites is 1. The van der Waals surface area contributed by atoms with Gasteiger partial charge in [-0.25, -0.2) is 4.39 Å². The number of nitrogens with zero attached hydrogens (tertiary/aromatic N) is 1. The van der Waals surface area contributed by atoms with Crippen molar-refractivity contribution in [2.45, 2.75) is 26.1 Å². The Morgan fingerprint density at radius 2 is 1.95 bits per heavy atom. The van der Waals surface area contributed by atoms with E-state index in [0.29, 0.717) is 4.90 Å². The molecule has 0 unspecified atom stereocenters. The molecule has 1 aromatic rings. The molecule has 0 aliphatic heterocycles. The lowest BCUT2D eigenvalue weighted by atomic mass is 10.1. The maximum absolute atomic E-state index is 13.2. The van der Waals surface area contributed by atoms with Crippen molar-refractivity contribution in [2.24, 2.45) is 0 Å². The number of nitrogen functional groups attached to an aromatic ring is 1. The molecule has 2 N–H and O–H groups in total. The van der Waals surface area contributed by atoms with Crippen LogP contribution < -0.4 is 5.73 Å². The van der Waals surface area contributed by atoms with Crippen molar-refractivity contribution < 1.29 is 22.4 Å². The van der Waals surface area contributed by atoms with E-state index in [-0.39, 0.29) is 5.56 Å². The van der Waals surface area contributed by atoms with Crippen LogP contribution in [0.3, 0.4) is 0 Å². The van der Waals surface area contributed by atoms with Gasteiger partial charge in [-0.1, -0.05) is 6.07 Å². The van der Waals surface area contributed by atoms with Gasteiger partial charge in [0.05, 0.1) is 11.3 Å². The molecule has 0 heterocycles. The van der Waals surface area contributed by atoms with Gasteiger partial charge in [-0.15, -0.1) is 0 Å². The summed E-state index contributed by atoms with van der Waals surface area (Å²) in [5.74, 6) is -1.77. The van der Waals surface area contributed by atoms with Gasteiger partial charge in [0.25, 0.3) is 5.91 Å². The predicted molar refractivity (Wildman–Crippen MR) is 63.0 cm³/mol. The van der Waals surface area contributed by atoms with Crippen molar-refractivity contribution in [2.75, 3.05) is 12.3 Å². The number of carbonyl (C=O) groups excluding carboxylic acids is 1. The van der Waals surface area contributed by atoms with Crippen molar-refractivity contribution in [3.8, 4) is 0 Å². The maximum atomic E-state index is 13.2. The number of anilines is 1. The zero-order valence-corrected chi connectivity index (χ0v) is 10.5. The molecule has 0 atom stereocenters. The third-order valence-electron chi connectivity index (χ3n) is 2.52. The quantitative estimate of drug-likeness (QED) is 0.682. The Kier molecular flexibility index (Phi) is 4.39. The third kappa shape index (κ3) is 3.84. The fourth-order valence-electron chi connectivity index (χ4n) is 1.56. The number of amides is 1. The zero-order chi connectivity index (χ0) is 14.8. The van der Waals surface area contributed by atoms with Crippen LogP contribution in [0.25, 0.3) is 0 Å². The highest BCUT2D eigenvalue weighted by Gasteiger charge is 2.35. The van der Waals surface area contributed by atoms with E-state index in [2.05, 4.69) is 0 Å². The van der Waals surface area contributed by atoms with E-state index in [4.69, 9.17) is 5.73 Å². The van der Waals surface area contributed by atoms with Crippen LogP contribution in [-0.4, -0.2) is 29.6 Å². The van der Waals surface area contributed by atoms with Crippen LogP contribution in [0.2, 0.25) is 0 Å². The Bertz CT molecular complexity index is 471. The molecule has 0 aromatic heterocycles. The molecule has 0 spiro atoms. The highest BCUT2D eigenvalue weighted by Crippen LogP contribution is 2.23. The van der Waals surface area contributed by atoms with E-state index in [0.717, 1.165) is 6.07 Å². The van der Waals surface area contributed by atoms with Gasteiger partial charge in [-0.05, 0) is 26.0 Å². The normalized spacial score (nSPS) is 11.7. The first kappa shape index (κ1) is 15.3. The molecule has 0 bridgehead atoms. The van der Waals surface area contributed by atoms with Crippen LogP contribution in [0, 0.1) is 5.82 Å². The summed E-state index contributed by atoms with van der Waals surface area (Å²) in [6.07, 6.45) is -4.53. The van der Waals surface area contributed by atoms with Gasteiger partial charge in [0.2, 0.25) is 0 Å². The minimum Gasteiger partial charge on any atom is -0.396 e. The van der Waals surface area contributed by atoms with Gasteiger partial charge < -0.3 is 10.6 Å². The minimum absolute atomic E-state index is 0.266. The van der Waals surface area contributed by atoms with Crippen molar-refractivity contribution in [1.82, 2.24) is 4.90 Å². The van der Waals surface area contributed by atoms with Gasteiger partial charge in [0.15, 0.2) is 0 Å². The van der Waals surface area contributed by atoms with Crippen molar-refractivity contribution in [1.29, 1.82) is 0 Å². The van der Waals surface area contributed by atoms with Crippen LogP contribution >= 0.6 is 0 Å². The van der Waals surface area contributed by atoms with Crippen LogP contribution in [0.15, 0.2) is 18.2 Å². The molecule has 0 aliphatic rings. The second kappa shape index (κ2) is 5.46. The summed E-state index contributed by atoms with van der Waals surface area (Å²) in [7, 11) is 0. The van der Waals surface area contributed by atoms with Gasteiger partial charge >= 0.3 is 6.18 Å². The zero-order valence-electron chi connectivity index (χ0n) is 10.5. The first-order chi connectivity index (χ1) is 8.63. The summed E-state index contributed by atoms with van der Waals surface area (Å²) in [4.78, 5) is 12.6. The number of rotatable bonds is 3. The summed E-state index contributed by atoms with van der Waals surface area (Å²) in [5.41, 5.74) is 4.67. The van der Waals surface area contributed by atoms with Crippen LogP contribution in [0.1, 0.15) is 24.2 Å². The molecule has 7 heteroatoms. The lowest BCUT2D eigenvalue weighted by Gasteiger charge is -2.28.